The standard InChI is InChI=1S/C24H32N6O7/c1-13(2)21(30-23(36)18(28-15(4)31)10-16-8-6-5-7-9-16)24(37)27-14(3)22(35)29-17(11-20(33)34)19(32)12-26-25/h5-9,12-14,17-18,21H,10-11H2,1-4H3,(H,27,37)(H,28,31)(H,29,35)(H,30,36)(H,33,34)/t14-,17?,18-,21-/m0/s1. The largest absolute Gasteiger partial charge is 0.481 e. The number of amides is 4. The van der Waals surface area contributed by atoms with Gasteiger partial charge in [-0.15, -0.1) is 0 Å². The zero-order valence-corrected chi connectivity index (χ0v) is 21.1. The Morgan fingerprint density at radius 1 is 0.892 bits per heavy atom. The van der Waals surface area contributed by atoms with E-state index in [1.165, 1.54) is 13.8 Å². The molecule has 13 heteroatoms. The van der Waals surface area contributed by atoms with Gasteiger partial charge in [0, 0.05) is 13.3 Å². The minimum absolute atomic E-state index is 0.188. The first-order valence-electron chi connectivity index (χ1n) is 11.5. The Bertz CT molecular complexity index is 1050. The van der Waals surface area contributed by atoms with Crippen LogP contribution in [0.3, 0.4) is 0 Å². The van der Waals surface area contributed by atoms with E-state index in [4.69, 9.17) is 10.6 Å². The van der Waals surface area contributed by atoms with Crippen LogP contribution >= 0.6 is 0 Å². The SMILES string of the molecule is CC(=O)N[C@@H](Cc1ccccc1)C(=O)N[C@H](C(=O)N[C@@H](C)C(=O)NC(CC(=O)O)C(=O)C=[N+]=[N-])C(C)C. The average Bonchev–Trinajstić information content (AvgIpc) is 2.81. The molecule has 1 aromatic carbocycles. The number of aliphatic carboxylic acids is 1. The highest BCUT2D eigenvalue weighted by Crippen LogP contribution is 2.07. The number of rotatable bonds is 14. The second-order valence-electron chi connectivity index (χ2n) is 8.71. The van der Waals surface area contributed by atoms with Crippen molar-refractivity contribution in [1.29, 1.82) is 0 Å². The van der Waals surface area contributed by atoms with Crippen LogP contribution < -0.4 is 21.3 Å². The number of carbonyl (C=O) groups excluding carboxylic acids is 5. The maximum atomic E-state index is 13.0. The number of carboxylic acid groups (broad SMARTS) is 1. The summed E-state index contributed by atoms with van der Waals surface area (Å²) in [5.74, 6) is -5.33. The lowest BCUT2D eigenvalue weighted by atomic mass is 10.0. The lowest BCUT2D eigenvalue weighted by Gasteiger charge is -2.26. The molecule has 4 atom stereocenters. The predicted octanol–water partition coefficient (Wildman–Crippen LogP) is -0.791. The molecule has 200 valence electrons. The first-order valence-corrected chi connectivity index (χ1v) is 11.5. The molecule has 0 saturated heterocycles. The first-order chi connectivity index (χ1) is 17.3. The van der Waals surface area contributed by atoms with Gasteiger partial charge in [-0.25, -0.2) is 0 Å². The van der Waals surface area contributed by atoms with Crippen LogP contribution in [0, 0.1) is 5.92 Å². The molecule has 0 heterocycles. The molecule has 0 aliphatic carbocycles. The van der Waals surface area contributed by atoms with Crippen molar-refractivity contribution in [3.8, 4) is 0 Å². The first kappa shape index (κ1) is 30.7. The van der Waals surface area contributed by atoms with Gasteiger partial charge in [0.05, 0.1) is 6.42 Å². The van der Waals surface area contributed by atoms with E-state index in [1.54, 1.807) is 38.1 Å². The summed E-state index contributed by atoms with van der Waals surface area (Å²) < 4.78 is 0. The number of benzene rings is 1. The van der Waals surface area contributed by atoms with Crippen LogP contribution in [0.2, 0.25) is 0 Å². The summed E-state index contributed by atoms with van der Waals surface area (Å²) in [6, 6.07) is 4.23. The molecule has 0 saturated carbocycles. The minimum atomic E-state index is -1.52. The van der Waals surface area contributed by atoms with Gasteiger partial charge in [-0.3, -0.25) is 28.8 Å². The van der Waals surface area contributed by atoms with Gasteiger partial charge >= 0.3 is 12.2 Å². The lowest BCUT2D eigenvalue weighted by molar-refractivity contribution is -0.140. The molecule has 1 aromatic rings. The molecule has 0 fully saturated rings. The summed E-state index contributed by atoms with van der Waals surface area (Å²) >= 11 is 0. The number of ketones is 1. The van der Waals surface area contributed by atoms with Crippen LogP contribution in [-0.4, -0.2) is 75.7 Å². The maximum Gasteiger partial charge on any atom is 0.325 e. The van der Waals surface area contributed by atoms with Gasteiger partial charge in [-0.05, 0) is 18.4 Å². The van der Waals surface area contributed by atoms with Crippen molar-refractivity contribution in [2.45, 2.75) is 64.7 Å². The number of nitrogens with zero attached hydrogens (tertiary/aromatic N) is 2. The Balaban J connectivity index is 2.93. The van der Waals surface area contributed by atoms with E-state index >= 15 is 0 Å². The molecule has 1 rings (SSSR count). The second-order valence-corrected chi connectivity index (χ2v) is 8.71. The Morgan fingerprint density at radius 2 is 1.51 bits per heavy atom. The van der Waals surface area contributed by atoms with E-state index in [9.17, 15) is 28.8 Å². The van der Waals surface area contributed by atoms with E-state index in [1.807, 2.05) is 6.07 Å². The minimum Gasteiger partial charge on any atom is -0.481 e. The van der Waals surface area contributed by atoms with Gasteiger partial charge in [0.25, 0.3) is 5.78 Å². The van der Waals surface area contributed by atoms with E-state index in [2.05, 4.69) is 26.1 Å². The van der Waals surface area contributed by atoms with Crippen LogP contribution in [0.4, 0.5) is 0 Å². The van der Waals surface area contributed by atoms with Gasteiger partial charge in [0.15, 0.2) is 0 Å². The van der Waals surface area contributed by atoms with E-state index < -0.39 is 71.9 Å². The van der Waals surface area contributed by atoms with Crippen molar-refractivity contribution < 1.29 is 38.7 Å². The number of carbonyl (C=O) groups is 6. The summed E-state index contributed by atoms with van der Waals surface area (Å²) in [6.07, 6.45) is -0.121. The summed E-state index contributed by atoms with van der Waals surface area (Å²) in [5, 5.41) is 18.8. The van der Waals surface area contributed by atoms with Crippen LogP contribution in [-0.2, 0) is 35.2 Å². The van der Waals surface area contributed by atoms with Crippen molar-refractivity contribution in [2.75, 3.05) is 0 Å². The van der Waals surface area contributed by atoms with Crippen molar-refractivity contribution >= 4 is 41.6 Å². The monoisotopic (exact) mass is 516 g/mol. The topological polar surface area (TPSA) is 207 Å². The Kier molecular flexibility index (Phi) is 12.3. The third-order valence-electron chi connectivity index (χ3n) is 5.20. The highest BCUT2D eigenvalue weighted by atomic mass is 16.4. The molecular weight excluding hydrogens is 484 g/mol. The average molecular weight is 517 g/mol. The van der Waals surface area contributed by atoms with Gasteiger partial charge in [0.2, 0.25) is 23.6 Å². The van der Waals surface area contributed by atoms with Gasteiger partial charge in [-0.2, -0.15) is 4.79 Å². The molecule has 0 aromatic heterocycles. The molecule has 37 heavy (non-hydrogen) atoms. The lowest BCUT2D eigenvalue weighted by Crippen LogP contribution is -2.58. The fraction of sp³-hybridized carbons (Fsp3) is 0.458. The quantitative estimate of drug-likeness (QED) is 0.121. The number of hydrogen-bond acceptors (Lipinski definition) is 6. The molecule has 0 bridgehead atoms. The van der Waals surface area contributed by atoms with E-state index in [-0.39, 0.29) is 6.42 Å². The van der Waals surface area contributed by atoms with Crippen molar-refractivity contribution in [3.63, 3.8) is 0 Å². The second kappa shape index (κ2) is 14.9. The third-order valence-corrected chi connectivity index (χ3v) is 5.20. The molecule has 4 amide bonds. The van der Waals surface area contributed by atoms with Gasteiger partial charge < -0.3 is 31.9 Å². The molecule has 0 aliphatic heterocycles. The summed E-state index contributed by atoms with van der Waals surface area (Å²) in [6.45, 7) is 5.93. The molecular formula is C24H32N6O7. The molecule has 0 aliphatic rings. The van der Waals surface area contributed by atoms with Crippen molar-refractivity contribution in [2.24, 2.45) is 5.92 Å². The molecule has 1 unspecified atom stereocenters. The molecule has 0 radical (unpaired) electrons. The summed E-state index contributed by atoms with van der Waals surface area (Å²) in [5.41, 5.74) is 9.31. The summed E-state index contributed by atoms with van der Waals surface area (Å²) in [4.78, 5) is 75.5. The summed E-state index contributed by atoms with van der Waals surface area (Å²) in [7, 11) is 0. The predicted molar refractivity (Wildman–Crippen MR) is 131 cm³/mol. The van der Waals surface area contributed by atoms with E-state index in [0.29, 0.717) is 6.21 Å². The van der Waals surface area contributed by atoms with Crippen LogP contribution in [0.15, 0.2) is 30.3 Å². The highest BCUT2D eigenvalue weighted by Gasteiger charge is 2.32. The molecule has 0 spiro atoms. The zero-order chi connectivity index (χ0) is 28.1. The maximum absolute atomic E-state index is 13.0. The normalized spacial score (nSPS) is 13.6. The smallest absolute Gasteiger partial charge is 0.325 e. The van der Waals surface area contributed by atoms with Gasteiger partial charge in [0.1, 0.15) is 24.2 Å². The van der Waals surface area contributed by atoms with Crippen molar-refractivity contribution in [3.05, 3.63) is 41.4 Å². The van der Waals surface area contributed by atoms with Crippen LogP contribution in [0.25, 0.3) is 5.53 Å². The Hall–Kier alpha value is -4.38. The number of carboxylic acids is 1. The van der Waals surface area contributed by atoms with Crippen LogP contribution in [0.1, 0.15) is 39.7 Å². The van der Waals surface area contributed by atoms with E-state index in [0.717, 1.165) is 5.56 Å². The number of nitrogens with one attached hydrogen (secondary N) is 4. The third kappa shape index (κ3) is 10.8. The van der Waals surface area contributed by atoms with Gasteiger partial charge in [-0.1, -0.05) is 44.2 Å². The molecule has 13 nitrogen and oxygen atoms in total. The fourth-order valence-electron chi connectivity index (χ4n) is 3.30. The number of Topliss-reactive ketones (excluding diaryl/α,β-unsaturated/α-hetero) is 1. The Labute approximate surface area is 214 Å². The highest BCUT2D eigenvalue weighted by molar-refractivity contribution is 6.28. The Morgan fingerprint density at radius 3 is 2.03 bits per heavy atom. The van der Waals surface area contributed by atoms with Crippen molar-refractivity contribution in [1.82, 2.24) is 21.3 Å². The number of hydrogen-bond donors (Lipinski definition) is 5. The fourth-order valence-corrected chi connectivity index (χ4v) is 3.30. The zero-order valence-electron chi connectivity index (χ0n) is 21.1. The van der Waals surface area contributed by atoms with Crippen LogP contribution in [0.5, 0.6) is 0 Å². The molecule has 5 N–H and O–H groups in total.